The van der Waals surface area contributed by atoms with Crippen molar-refractivity contribution < 1.29 is 13.2 Å². The van der Waals surface area contributed by atoms with Gasteiger partial charge < -0.3 is 4.90 Å². The predicted molar refractivity (Wildman–Crippen MR) is 129 cm³/mol. The lowest BCUT2D eigenvalue weighted by Crippen LogP contribution is -2.33. The predicted octanol–water partition coefficient (Wildman–Crippen LogP) is 5.06. The number of carbonyl (C=O) groups excluding carboxylic acids is 1. The number of amides is 1. The molecule has 1 aromatic heterocycles. The van der Waals surface area contributed by atoms with E-state index in [2.05, 4.69) is 9.71 Å². The summed E-state index contributed by atoms with van der Waals surface area (Å²) >= 11 is 1.52. The molecule has 0 radical (unpaired) electrons. The fourth-order valence-corrected chi connectivity index (χ4v) is 6.15. The van der Waals surface area contributed by atoms with Crippen LogP contribution >= 0.6 is 11.3 Å². The number of thiazole rings is 1. The van der Waals surface area contributed by atoms with E-state index in [-0.39, 0.29) is 10.8 Å². The van der Waals surface area contributed by atoms with E-state index in [1.807, 2.05) is 36.4 Å². The average molecular weight is 464 g/mol. The summed E-state index contributed by atoms with van der Waals surface area (Å²) in [5, 5.41) is 0.757. The Balaban J connectivity index is 1.50. The van der Waals surface area contributed by atoms with E-state index in [1.165, 1.54) is 18.3 Å². The Hall–Kier alpha value is -3.23. The second-order valence-corrected chi connectivity index (χ2v) is 10.4. The second-order valence-electron chi connectivity index (χ2n) is 7.70. The number of nitrogens with zero attached hydrogens (tertiary/aromatic N) is 2. The quantitative estimate of drug-likeness (QED) is 0.459. The van der Waals surface area contributed by atoms with Crippen molar-refractivity contribution >= 4 is 48.9 Å². The Kier molecular flexibility index (Phi) is 5.19. The van der Waals surface area contributed by atoms with Crippen LogP contribution in [0.15, 0.2) is 71.6 Å². The normalized spacial score (nSPS) is 13.7. The molecular weight excluding hydrogens is 442 g/mol. The van der Waals surface area contributed by atoms with Crippen LogP contribution in [0.25, 0.3) is 20.8 Å². The highest BCUT2D eigenvalue weighted by molar-refractivity contribution is 7.92. The second kappa shape index (κ2) is 8.03. The highest BCUT2D eigenvalue weighted by Crippen LogP contribution is 2.36. The number of nitrogens with one attached hydrogen (secondary N) is 1. The molecule has 1 aliphatic rings. The van der Waals surface area contributed by atoms with Gasteiger partial charge in [0.05, 0.1) is 20.8 Å². The fourth-order valence-electron chi connectivity index (χ4n) is 4.02. The molecule has 4 aromatic rings. The van der Waals surface area contributed by atoms with Crippen molar-refractivity contribution in [3.05, 3.63) is 72.3 Å². The minimum atomic E-state index is -3.82. The van der Waals surface area contributed by atoms with Gasteiger partial charge in [-0.15, -0.1) is 11.3 Å². The molecular formula is C24H21N3O3S2. The van der Waals surface area contributed by atoms with Crippen molar-refractivity contribution in [3.8, 4) is 10.6 Å². The van der Waals surface area contributed by atoms with Gasteiger partial charge in [0.15, 0.2) is 0 Å². The number of hydrogen-bond acceptors (Lipinski definition) is 5. The van der Waals surface area contributed by atoms with Crippen LogP contribution in [0.3, 0.4) is 0 Å². The molecule has 0 unspecified atom stereocenters. The topological polar surface area (TPSA) is 79.4 Å². The highest BCUT2D eigenvalue weighted by atomic mass is 32.2. The summed E-state index contributed by atoms with van der Waals surface area (Å²) in [6.45, 7) is 2.18. The van der Waals surface area contributed by atoms with Crippen LogP contribution < -0.4 is 9.62 Å². The molecule has 0 fully saturated rings. The van der Waals surface area contributed by atoms with Crippen LogP contribution in [-0.4, -0.2) is 25.9 Å². The molecule has 6 nitrogen and oxygen atoms in total. The smallest absolute Gasteiger partial charge is 0.261 e. The number of benzene rings is 3. The van der Waals surface area contributed by atoms with Gasteiger partial charge in [0.25, 0.3) is 10.0 Å². The third kappa shape index (κ3) is 3.76. The summed E-state index contributed by atoms with van der Waals surface area (Å²) in [5.74, 6) is -0.0376. The highest BCUT2D eigenvalue weighted by Gasteiger charge is 2.24. The van der Waals surface area contributed by atoms with Gasteiger partial charge in [-0.05, 0) is 60.9 Å². The summed E-state index contributed by atoms with van der Waals surface area (Å²) in [4.78, 5) is 18.5. The Morgan fingerprint density at radius 2 is 1.84 bits per heavy atom. The first kappa shape index (κ1) is 20.7. The minimum absolute atomic E-state index is 0.0376. The van der Waals surface area contributed by atoms with Crippen molar-refractivity contribution in [1.29, 1.82) is 0 Å². The molecule has 0 saturated carbocycles. The van der Waals surface area contributed by atoms with Crippen LogP contribution in [0.5, 0.6) is 0 Å². The number of sulfonamides is 1. The Morgan fingerprint density at radius 1 is 1.06 bits per heavy atom. The lowest BCUT2D eigenvalue weighted by molar-refractivity contribution is -0.116. The zero-order valence-corrected chi connectivity index (χ0v) is 19.0. The van der Waals surface area contributed by atoms with Crippen molar-refractivity contribution in [2.75, 3.05) is 16.2 Å². The maximum absolute atomic E-state index is 13.2. The molecule has 0 atom stereocenters. The third-order valence-corrected chi connectivity index (χ3v) is 7.99. The maximum Gasteiger partial charge on any atom is 0.261 e. The number of carbonyl (C=O) groups is 1. The fraction of sp³-hybridized carbons (Fsp3) is 0.167. The number of aryl methyl sites for hydroxylation is 1. The molecule has 2 heterocycles. The van der Waals surface area contributed by atoms with Crippen LogP contribution in [-0.2, 0) is 21.2 Å². The van der Waals surface area contributed by atoms with Crippen molar-refractivity contribution in [2.45, 2.75) is 24.7 Å². The van der Waals surface area contributed by atoms with Crippen molar-refractivity contribution in [1.82, 2.24) is 4.98 Å². The van der Waals surface area contributed by atoms with E-state index in [0.717, 1.165) is 44.9 Å². The van der Waals surface area contributed by atoms with E-state index >= 15 is 0 Å². The summed E-state index contributed by atoms with van der Waals surface area (Å²) in [6.07, 6.45) is 1.55. The molecule has 3 aromatic carbocycles. The van der Waals surface area contributed by atoms with Gasteiger partial charge >= 0.3 is 0 Å². The summed E-state index contributed by atoms with van der Waals surface area (Å²) in [7, 11) is -3.82. The van der Waals surface area contributed by atoms with Crippen LogP contribution in [0, 0.1) is 0 Å². The molecule has 162 valence electrons. The maximum atomic E-state index is 13.2. The first-order valence-corrected chi connectivity index (χ1v) is 12.6. The summed E-state index contributed by atoms with van der Waals surface area (Å²) in [5.41, 5.74) is 3.76. The van der Waals surface area contributed by atoms with Gasteiger partial charge in [0.1, 0.15) is 5.01 Å². The number of aromatic nitrogens is 1. The van der Waals surface area contributed by atoms with Gasteiger partial charge in [-0.2, -0.15) is 0 Å². The Labute approximate surface area is 190 Å². The molecule has 8 heteroatoms. The first-order chi connectivity index (χ1) is 15.4. The lowest BCUT2D eigenvalue weighted by Gasteiger charge is -2.28. The van der Waals surface area contributed by atoms with Crippen LogP contribution in [0.1, 0.15) is 18.9 Å². The summed E-state index contributed by atoms with van der Waals surface area (Å²) in [6, 6.07) is 20.1. The number of hydrogen-bond donors (Lipinski definition) is 1. The van der Waals surface area contributed by atoms with Crippen LogP contribution in [0.4, 0.5) is 11.4 Å². The van der Waals surface area contributed by atoms with Gasteiger partial charge in [-0.3, -0.25) is 9.52 Å². The number of fused-ring (bicyclic) bond motifs is 2. The van der Waals surface area contributed by atoms with E-state index in [4.69, 9.17) is 0 Å². The molecule has 0 aliphatic carbocycles. The van der Waals surface area contributed by atoms with Crippen molar-refractivity contribution in [2.24, 2.45) is 0 Å². The Bertz CT molecular complexity index is 1410. The first-order valence-electron chi connectivity index (χ1n) is 10.3. The lowest BCUT2D eigenvalue weighted by atomic mass is 10.0. The summed E-state index contributed by atoms with van der Waals surface area (Å²) < 4.78 is 30.3. The zero-order chi connectivity index (χ0) is 22.3. The van der Waals surface area contributed by atoms with E-state index in [0.29, 0.717) is 12.2 Å². The van der Waals surface area contributed by atoms with Gasteiger partial charge in [-0.25, -0.2) is 13.4 Å². The zero-order valence-electron chi connectivity index (χ0n) is 17.4. The van der Waals surface area contributed by atoms with E-state index in [1.54, 1.807) is 35.2 Å². The average Bonchev–Trinajstić information content (AvgIpc) is 3.22. The van der Waals surface area contributed by atoms with Crippen molar-refractivity contribution in [3.63, 3.8) is 0 Å². The molecule has 1 N–H and O–H groups in total. The number of rotatable bonds is 4. The molecule has 5 rings (SSSR count). The SMILES string of the molecule is CC(=O)N1CCCc2cc(S(=O)(=O)Nc3ccccc3-c3nc4ccccc4s3)ccc21. The largest absolute Gasteiger partial charge is 0.312 e. The van der Waals surface area contributed by atoms with E-state index < -0.39 is 10.0 Å². The third-order valence-electron chi connectivity index (χ3n) is 5.56. The molecule has 32 heavy (non-hydrogen) atoms. The molecule has 1 amide bonds. The number of para-hydroxylation sites is 2. The monoisotopic (exact) mass is 463 g/mol. The standard InChI is InChI=1S/C24H21N3O3S2/c1-16(28)27-14-6-7-17-15-18(12-13-22(17)27)32(29,30)26-20-9-3-2-8-19(20)24-25-21-10-4-5-11-23(21)31-24/h2-5,8-13,15,26H,6-7,14H2,1H3. The van der Waals surface area contributed by atoms with E-state index in [9.17, 15) is 13.2 Å². The molecule has 1 aliphatic heterocycles. The minimum Gasteiger partial charge on any atom is -0.312 e. The van der Waals surface area contributed by atoms with Gasteiger partial charge in [0, 0.05) is 24.7 Å². The van der Waals surface area contributed by atoms with Crippen LogP contribution in [0.2, 0.25) is 0 Å². The number of anilines is 2. The molecule has 0 spiro atoms. The molecule has 0 bridgehead atoms. The van der Waals surface area contributed by atoms with Gasteiger partial charge in [-0.1, -0.05) is 24.3 Å². The van der Waals surface area contributed by atoms with Gasteiger partial charge in [0.2, 0.25) is 5.91 Å². The Morgan fingerprint density at radius 3 is 2.66 bits per heavy atom. The molecule has 0 saturated heterocycles.